The Kier molecular flexibility index (Phi) is 4.54. The van der Waals surface area contributed by atoms with Crippen molar-refractivity contribution in [2.45, 2.75) is 31.2 Å². The number of carbonyl (C=O) groups excluding carboxylic acids is 1. The summed E-state index contributed by atoms with van der Waals surface area (Å²) in [6.45, 7) is 4.18. The molecule has 0 N–H and O–H groups in total. The van der Waals surface area contributed by atoms with Crippen LogP contribution >= 0.6 is 0 Å². The Hall–Kier alpha value is -1.46. The summed E-state index contributed by atoms with van der Waals surface area (Å²) in [7, 11) is 2.15. The smallest absolute Gasteiger partial charge is 0.256 e. The Morgan fingerprint density at radius 1 is 1.20 bits per heavy atom. The van der Waals surface area contributed by atoms with Crippen LogP contribution in [-0.2, 0) is 4.74 Å². The molecule has 25 heavy (non-hydrogen) atoms. The van der Waals surface area contributed by atoms with Crippen molar-refractivity contribution in [3.05, 3.63) is 35.6 Å². The van der Waals surface area contributed by atoms with Crippen LogP contribution in [0.2, 0.25) is 0 Å². The van der Waals surface area contributed by atoms with E-state index in [-0.39, 0.29) is 17.0 Å². The van der Waals surface area contributed by atoms with Crippen LogP contribution in [0.5, 0.6) is 0 Å². The van der Waals surface area contributed by atoms with Crippen LogP contribution in [0, 0.1) is 17.7 Å². The first kappa shape index (κ1) is 17.0. The summed E-state index contributed by atoms with van der Waals surface area (Å²) >= 11 is 0. The zero-order valence-corrected chi connectivity index (χ0v) is 14.9. The van der Waals surface area contributed by atoms with Crippen LogP contribution in [0.1, 0.15) is 36.0 Å². The quantitative estimate of drug-likeness (QED) is 0.822. The molecule has 4 rings (SSSR count). The second-order valence-corrected chi connectivity index (χ2v) is 8.13. The third-order valence-corrected chi connectivity index (χ3v) is 6.12. The van der Waals surface area contributed by atoms with Gasteiger partial charge in [0, 0.05) is 26.3 Å². The molecule has 1 unspecified atom stereocenters. The largest absolute Gasteiger partial charge is 0.381 e. The van der Waals surface area contributed by atoms with E-state index in [1.54, 1.807) is 23.1 Å². The molecule has 1 aromatic carbocycles. The normalized spacial score (nSPS) is 25.8. The molecule has 1 atom stereocenters. The van der Waals surface area contributed by atoms with Gasteiger partial charge in [0.2, 0.25) is 0 Å². The van der Waals surface area contributed by atoms with Gasteiger partial charge in [0.15, 0.2) is 0 Å². The lowest BCUT2D eigenvalue weighted by molar-refractivity contribution is -0.0762. The fraction of sp³-hybridized carbons (Fsp3) is 0.650. The maximum atomic E-state index is 13.9. The van der Waals surface area contributed by atoms with Gasteiger partial charge in [0.05, 0.1) is 11.1 Å². The highest BCUT2D eigenvalue weighted by atomic mass is 19.1. The van der Waals surface area contributed by atoms with E-state index in [0.29, 0.717) is 19.0 Å². The lowest BCUT2D eigenvalue weighted by Gasteiger charge is -2.58. The Morgan fingerprint density at radius 3 is 2.64 bits per heavy atom. The molecule has 1 aliphatic carbocycles. The average molecular weight is 346 g/mol. The van der Waals surface area contributed by atoms with Crippen LogP contribution in [0.3, 0.4) is 0 Å². The Morgan fingerprint density at radius 2 is 1.92 bits per heavy atom. The molecule has 0 aromatic heterocycles. The topological polar surface area (TPSA) is 32.8 Å². The molecule has 4 nitrogen and oxygen atoms in total. The number of halogens is 1. The Balaban J connectivity index is 1.34. The van der Waals surface area contributed by atoms with Crippen LogP contribution in [0.4, 0.5) is 4.39 Å². The molecule has 1 amide bonds. The minimum absolute atomic E-state index is 0.0484. The summed E-state index contributed by atoms with van der Waals surface area (Å²) in [6, 6.07) is 6.25. The van der Waals surface area contributed by atoms with Gasteiger partial charge >= 0.3 is 0 Å². The molecule has 0 radical (unpaired) electrons. The summed E-state index contributed by atoms with van der Waals surface area (Å²) in [6.07, 6.45) is 4.87. The number of nitrogens with zero attached hydrogens (tertiary/aromatic N) is 2. The Labute approximate surface area is 148 Å². The molecule has 5 heteroatoms. The summed E-state index contributed by atoms with van der Waals surface area (Å²) in [4.78, 5) is 16.7. The van der Waals surface area contributed by atoms with Gasteiger partial charge in [-0.3, -0.25) is 9.69 Å². The summed E-state index contributed by atoms with van der Waals surface area (Å²) < 4.78 is 19.8. The average Bonchev–Trinajstić information content (AvgIpc) is 3.38. The van der Waals surface area contributed by atoms with Gasteiger partial charge in [-0.1, -0.05) is 12.1 Å². The molecule has 2 aliphatic heterocycles. The maximum Gasteiger partial charge on any atom is 0.256 e. The molecule has 0 bridgehead atoms. The van der Waals surface area contributed by atoms with E-state index in [4.69, 9.17) is 4.74 Å². The minimum Gasteiger partial charge on any atom is -0.381 e. The summed E-state index contributed by atoms with van der Waals surface area (Å²) in [5.74, 6) is 0.750. The zero-order chi connectivity index (χ0) is 17.4. The van der Waals surface area contributed by atoms with Crippen molar-refractivity contribution in [3.63, 3.8) is 0 Å². The fourth-order valence-electron chi connectivity index (χ4n) is 4.22. The first-order valence-corrected chi connectivity index (χ1v) is 9.40. The first-order valence-electron chi connectivity index (χ1n) is 9.40. The van der Waals surface area contributed by atoms with Gasteiger partial charge in [-0.2, -0.15) is 0 Å². The highest BCUT2D eigenvalue weighted by Gasteiger charge is 2.51. The number of amides is 1. The van der Waals surface area contributed by atoms with E-state index in [1.807, 2.05) is 0 Å². The standard InChI is InChI=1S/C20H27FN2O2/c1-22-9-8-16(12-25-11-15-6-7-15)10-20(22)13-23(14-20)19(24)17-4-2-3-5-18(17)21/h2-5,15-16H,6-14H2,1H3. The third-order valence-electron chi connectivity index (χ3n) is 6.12. The molecular weight excluding hydrogens is 319 g/mol. The van der Waals surface area contributed by atoms with Crippen molar-refractivity contribution in [2.24, 2.45) is 11.8 Å². The van der Waals surface area contributed by atoms with Gasteiger partial charge in [-0.15, -0.1) is 0 Å². The highest BCUT2D eigenvalue weighted by molar-refractivity contribution is 5.95. The Bertz CT molecular complexity index is 640. The number of rotatable bonds is 5. The van der Waals surface area contributed by atoms with Gasteiger partial charge < -0.3 is 9.64 Å². The van der Waals surface area contributed by atoms with E-state index >= 15 is 0 Å². The molecule has 1 spiro atoms. The van der Waals surface area contributed by atoms with E-state index < -0.39 is 5.82 Å². The number of likely N-dealkylation sites (tertiary alicyclic amines) is 2. The number of likely N-dealkylation sites (N-methyl/N-ethyl adjacent to an activating group) is 1. The van der Waals surface area contributed by atoms with Crippen molar-refractivity contribution >= 4 is 5.91 Å². The van der Waals surface area contributed by atoms with Crippen LogP contribution in [-0.4, -0.2) is 61.1 Å². The second-order valence-electron chi connectivity index (χ2n) is 8.13. The molecule has 1 aromatic rings. The van der Waals surface area contributed by atoms with Crippen LogP contribution < -0.4 is 0 Å². The summed E-state index contributed by atoms with van der Waals surface area (Å²) in [5.41, 5.74) is 0.229. The lowest BCUT2D eigenvalue weighted by atomic mass is 9.75. The van der Waals surface area contributed by atoms with Crippen LogP contribution in [0.15, 0.2) is 24.3 Å². The van der Waals surface area contributed by atoms with E-state index in [9.17, 15) is 9.18 Å². The van der Waals surface area contributed by atoms with Crippen molar-refractivity contribution in [3.8, 4) is 0 Å². The number of carbonyl (C=O) groups is 1. The van der Waals surface area contributed by atoms with Gasteiger partial charge in [0.25, 0.3) is 5.91 Å². The first-order chi connectivity index (χ1) is 12.1. The van der Waals surface area contributed by atoms with Crippen molar-refractivity contribution in [1.82, 2.24) is 9.80 Å². The van der Waals surface area contributed by atoms with Gasteiger partial charge in [-0.25, -0.2) is 4.39 Å². The van der Waals surface area contributed by atoms with E-state index in [0.717, 1.165) is 38.5 Å². The summed E-state index contributed by atoms with van der Waals surface area (Å²) in [5, 5.41) is 0. The van der Waals surface area contributed by atoms with Crippen molar-refractivity contribution < 1.29 is 13.9 Å². The predicted molar refractivity (Wildman–Crippen MR) is 93.9 cm³/mol. The lowest BCUT2D eigenvalue weighted by Crippen LogP contribution is -2.72. The molecule has 1 saturated carbocycles. The van der Waals surface area contributed by atoms with E-state index in [1.165, 1.54) is 18.9 Å². The van der Waals surface area contributed by atoms with Crippen molar-refractivity contribution in [2.75, 3.05) is 39.9 Å². The molecule has 2 heterocycles. The molecule has 136 valence electrons. The monoisotopic (exact) mass is 346 g/mol. The second kappa shape index (κ2) is 6.69. The number of piperidine rings is 1. The van der Waals surface area contributed by atoms with Gasteiger partial charge in [0.1, 0.15) is 5.82 Å². The van der Waals surface area contributed by atoms with E-state index in [2.05, 4.69) is 11.9 Å². The number of hydrogen-bond donors (Lipinski definition) is 0. The SMILES string of the molecule is CN1CCC(COCC2CC2)CC12CN(C(=O)c1ccccc1F)C2. The molecule has 3 aliphatic rings. The predicted octanol–water partition coefficient (Wildman–Crippen LogP) is 2.79. The number of hydrogen-bond acceptors (Lipinski definition) is 3. The zero-order valence-electron chi connectivity index (χ0n) is 14.9. The highest BCUT2D eigenvalue weighted by Crippen LogP contribution is 2.39. The fourth-order valence-corrected chi connectivity index (χ4v) is 4.22. The van der Waals surface area contributed by atoms with Crippen molar-refractivity contribution in [1.29, 1.82) is 0 Å². The molecular formula is C20H27FN2O2. The van der Waals surface area contributed by atoms with Gasteiger partial charge in [-0.05, 0) is 63.2 Å². The number of ether oxygens (including phenoxy) is 1. The molecule has 3 fully saturated rings. The minimum atomic E-state index is -0.434. The number of benzene rings is 1. The van der Waals surface area contributed by atoms with Crippen LogP contribution in [0.25, 0.3) is 0 Å². The third kappa shape index (κ3) is 3.44. The maximum absolute atomic E-state index is 13.9. The molecule has 2 saturated heterocycles.